The molecule has 0 fully saturated rings. The summed E-state index contributed by atoms with van der Waals surface area (Å²) in [4.78, 5) is 12.5. The van der Waals surface area contributed by atoms with Gasteiger partial charge in [0.1, 0.15) is 11.6 Å². The summed E-state index contributed by atoms with van der Waals surface area (Å²) < 4.78 is 5.86. The van der Waals surface area contributed by atoms with Crippen LogP contribution < -0.4 is 10.5 Å². The SMILES string of the molecule is C=Cc1cc(Oc2cnc(C)nc2N)c(C(C)C)cn1. The van der Waals surface area contributed by atoms with Crippen molar-refractivity contribution in [2.24, 2.45) is 0 Å². The number of anilines is 1. The Morgan fingerprint density at radius 2 is 2.00 bits per heavy atom. The number of aryl methyl sites for hydroxylation is 1. The van der Waals surface area contributed by atoms with Crippen LogP contribution in [0.15, 0.2) is 25.0 Å². The molecular formula is C15H18N4O. The average Bonchev–Trinajstić information content (AvgIpc) is 2.41. The van der Waals surface area contributed by atoms with E-state index in [1.54, 1.807) is 25.4 Å². The first-order valence-corrected chi connectivity index (χ1v) is 6.40. The van der Waals surface area contributed by atoms with Gasteiger partial charge in [0.15, 0.2) is 11.6 Å². The van der Waals surface area contributed by atoms with Crippen molar-refractivity contribution in [3.8, 4) is 11.5 Å². The number of hydrogen-bond acceptors (Lipinski definition) is 5. The molecule has 0 aliphatic heterocycles. The van der Waals surface area contributed by atoms with E-state index in [9.17, 15) is 0 Å². The molecule has 0 bridgehead atoms. The molecule has 20 heavy (non-hydrogen) atoms. The molecule has 2 aromatic heterocycles. The number of pyridine rings is 1. The fourth-order valence-corrected chi connectivity index (χ4v) is 1.77. The van der Waals surface area contributed by atoms with Gasteiger partial charge >= 0.3 is 0 Å². The van der Waals surface area contributed by atoms with Crippen molar-refractivity contribution < 1.29 is 4.74 Å². The zero-order valence-electron chi connectivity index (χ0n) is 11.9. The predicted molar refractivity (Wildman–Crippen MR) is 79.7 cm³/mol. The molecule has 104 valence electrons. The van der Waals surface area contributed by atoms with Gasteiger partial charge in [-0.15, -0.1) is 0 Å². The maximum absolute atomic E-state index is 5.86. The van der Waals surface area contributed by atoms with Gasteiger partial charge in [0.2, 0.25) is 0 Å². The van der Waals surface area contributed by atoms with Crippen molar-refractivity contribution in [2.45, 2.75) is 26.7 Å². The molecule has 0 aliphatic rings. The third kappa shape index (κ3) is 2.93. The van der Waals surface area contributed by atoms with Gasteiger partial charge in [0.25, 0.3) is 0 Å². The van der Waals surface area contributed by atoms with Crippen LogP contribution in [0.3, 0.4) is 0 Å². The smallest absolute Gasteiger partial charge is 0.187 e. The van der Waals surface area contributed by atoms with Gasteiger partial charge in [-0.1, -0.05) is 20.4 Å². The number of nitrogens with two attached hydrogens (primary N) is 1. The Morgan fingerprint density at radius 3 is 2.60 bits per heavy atom. The monoisotopic (exact) mass is 270 g/mol. The molecule has 0 aliphatic carbocycles. The molecule has 0 unspecified atom stereocenters. The molecule has 0 aromatic carbocycles. The lowest BCUT2D eigenvalue weighted by atomic mass is 10.0. The van der Waals surface area contributed by atoms with E-state index >= 15 is 0 Å². The normalized spacial score (nSPS) is 10.6. The lowest BCUT2D eigenvalue weighted by Gasteiger charge is -2.14. The molecule has 5 nitrogen and oxygen atoms in total. The van der Waals surface area contributed by atoms with E-state index in [0.717, 1.165) is 11.3 Å². The lowest BCUT2D eigenvalue weighted by molar-refractivity contribution is 0.469. The predicted octanol–water partition coefficient (Wildman–Crippen LogP) is 3.32. The molecule has 0 amide bonds. The lowest BCUT2D eigenvalue weighted by Crippen LogP contribution is -2.01. The summed E-state index contributed by atoms with van der Waals surface area (Å²) in [5.41, 5.74) is 7.60. The highest BCUT2D eigenvalue weighted by Crippen LogP contribution is 2.32. The summed E-state index contributed by atoms with van der Waals surface area (Å²) in [6.07, 6.45) is 5.05. The second-order valence-corrected chi connectivity index (χ2v) is 4.77. The standard InChI is InChI=1S/C15H18N4O/c1-5-11-6-13(12(7-18-11)9(2)3)20-14-8-17-10(4)19-15(14)16/h5-9H,1H2,2-4H3,(H2,16,17,19). The van der Waals surface area contributed by atoms with Crippen LogP contribution in [0.25, 0.3) is 6.08 Å². The Balaban J connectivity index is 2.43. The largest absolute Gasteiger partial charge is 0.451 e. The summed E-state index contributed by atoms with van der Waals surface area (Å²) in [7, 11) is 0. The van der Waals surface area contributed by atoms with E-state index in [0.29, 0.717) is 23.1 Å². The summed E-state index contributed by atoms with van der Waals surface area (Å²) in [5, 5.41) is 0. The van der Waals surface area contributed by atoms with Crippen molar-refractivity contribution in [1.29, 1.82) is 0 Å². The van der Waals surface area contributed by atoms with E-state index in [1.165, 1.54) is 0 Å². The van der Waals surface area contributed by atoms with Crippen LogP contribution in [-0.4, -0.2) is 15.0 Å². The molecule has 2 rings (SSSR count). The fourth-order valence-electron chi connectivity index (χ4n) is 1.77. The first-order valence-electron chi connectivity index (χ1n) is 6.40. The summed E-state index contributed by atoms with van der Waals surface area (Å²) in [6, 6.07) is 1.83. The van der Waals surface area contributed by atoms with Crippen LogP contribution >= 0.6 is 0 Å². The number of nitrogen functional groups attached to an aromatic ring is 1. The zero-order chi connectivity index (χ0) is 14.7. The van der Waals surface area contributed by atoms with Crippen molar-refractivity contribution in [3.63, 3.8) is 0 Å². The minimum atomic E-state index is 0.281. The molecule has 0 saturated heterocycles. The van der Waals surface area contributed by atoms with Crippen LogP contribution in [0, 0.1) is 6.92 Å². The van der Waals surface area contributed by atoms with Gasteiger partial charge in [0, 0.05) is 17.8 Å². The molecule has 2 heterocycles. The molecule has 0 spiro atoms. The van der Waals surface area contributed by atoms with Gasteiger partial charge in [-0.2, -0.15) is 0 Å². The van der Waals surface area contributed by atoms with E-state index in [4.69, 9.17) is 10.5 Å². The van der Waals surface area contributed by atoms with E-state index in [2.05, 4.69) is 35.4 Å². The molecule has 0 atom stereocenters. The highest BCUT2D eigenvalue weighted by atomic mass is 16.5. The second kappa shape index (κ2) is 5.69. The van der Waals surface area contributed by atoms with E-state index in [-0.39, 0.29) is 5.92 Å². The number of ether oxygens (including phenoxy) is 1. The minimum Gasteiger partial charge on any atom is -0.451 e. The highest BCUT2D eigenvalue weighted by molar-refractivity contribution is 5.51. The molecule has 2 aromatic rings. The fraction of sp³-hybridized carbons (Fsp3) is 0.267. The minimum absolute atomic E-state index is 0.281. The van der Waals surface area contributed by atoms with E-state index in [1.807, 2.05) is 6.07 Å². The first kappa shape index (κ1) is 14.0. The summed E-state index contributed by atoms with van der Waals surface area (Å²) in [5.74, 6) is 2.36. The van der Waals surface area contributed by atoms with Gasteiger partial charge in [-0.25, -0.2) is 9.97 Å². The van der Waals surface area contributed by atoms with Crippen molar-refractivity contribution in [3.05, 3.63) is 42.1 Å². The highest BCUT2D eigenvalue weighted by Gasteiger charge is 2.12. The molecule has 5 heteroatoms. The first-order chi connectivity index (χ1) is 9.51. The number of nitrogens with zero attached hydrogens (tertiary/aromatic N) is 3. The van der Waals surface area contributed by atoms with E-state index < -0.39 is 0 Å². The Hall–Kier alpha value is -2.43. The molecular weight excluding hydrogens is 252 g/mol. The Bertz CT molecular complexity index is 638. The van der Waals surface area contributed by atoms with Gasteiger partial charge < -0.3 is 10.5 Å². The van der Waals surface area contributed by atoms with Crippen molar-refractivity contribution in [2.75, 3.05) is 5.73 Å². The van der Waals surface area contributed by atoms with Gasteiger partial charge in [0.05, 0.1) is 11.9 Å². The van der Waals surface area contributed by atoms with Crippen molar-refractivity contribution >= 4 is 11.9 Å². The summed E-state index contributed by atoms with van der Waals surface area (Å²) in [6.45, 7) is 9.65. The Labute approximate surface area is 118 Å². The number of hydrogen-bond donors (Lipinski definition) is 1. The second-order valence-electron chi connectivity index (χ2n) is 4.77. The maximum Gasteiger partial charge on any atom is 0.187 e. The maximum atomic E-state index is 5.86. The Kier molecular flexibility index (Phi) is 3.98. The zero-order valence-corrected chi connectivity index (χ0v) is 11.9. The number of rotatable bonds is 4. The molecule has 0 radical (unpaired) electrons. The Morgan fingerprint density at radius 1 is 1.25 bits per heavy atom. The molecule has 2 N–H and O–H groups in total. The van der Waals surface area contributed by atoms with Crippen LogP contribution in [0.4, 0.5) is 5.82 Å². The van der Waals surface area contributed by atoms with Gasteiger partial charge in [-0.05, 0) is 18.9 Å². The van der Waals surface area contributed by atoms with Crippen LogP contribution in [0.2, 0.25) is 0 Å². The third-order valence-electron chi connectivity index (χ3n) is 2.87. The number of aromatic nitrogens is 3. The molecule has 0 saturated carbocycles. The topological polar surface area (TPSA) is 73.9 Å². The van der Waals surface area contributed by atoms with Crippen LogP contribution in [-0.2, 0) is 0 Å². The van der Waals surface area contributed by atoms with Crippen LogP contribution in [0.1, 0.15) is 36.8 Å². The third-order valence-corrected chi connectivity index (χ3v) is 2.87. The van der Waals surface area contributed by atoms with Crippen LogP contribution in [0.5, 0.6) is 11.5 Å². The quantitative estimate of drug-likeness (QED) is 0.922. The average molecular weight is 270 g/mol. The van der Waals surface area contributed by atoms with Crippen molar-refractivity contribution in [1.82, 2.24) is 15.0 Å². The summed E-state index contributed by atoms with van der Waals surface area (Å²) >= 11 is 0. The van der Waals surface area contributed by atoms with Gasteiger partial charge in [-0.3, -0.25) is 4.98 Å².